The molecule has 0 atom stereocenters. The van der Waals surface area contributed by atoms with E-state index in [2.05, 4.69) is 44.3 Å². The third-order valence-corrected chi connectivity index (χ3v) is 4.99. The molecule has 0 radical (unpaired) electrons. The van der Waals surface area contributed by atoms with Crippen molar-refractivity contribution < 1.29 is 9.53 Å². The minimum Gasteiger partial charge on any atom is -0.469 e. The summed E-state index contributed by atoms with van der Waals surface area (Å²) in [4.78, 5) is 19.2. The fourth-order valence-corrected chi connectivity index (χ4v) is 3.35. The Morgan fingerprint density at radius 1 is 1.20 bits per heavy atom. The van der Waals surface area contributed by atoms with Crippen molar-refractivity contribution in [2.24, 2.45) is 5.92 Å². The average Bonchev–Trinajstić information content (AvgIpc) is 3.14. The number of ether oxygens (including phenoxy) is 1. The highest BCUT2D eigenvalue weighted by Gasteiger charge is 2.13. The van der Waals surface area contributed by atoms with Gasteiger partial charge in [0.25, 0.3) is 0 Å². The number of aromatic nitrogens is 2. The molecular weight excluding hydrogens is 314 g/mol. The van der Waals surface area contributed by atoms with E-state index in [1.165, 1.54) is 26.4 Å². The zero-order valence-corrected chi connectivity index (χ0v) is 14.9. The second-order valence-electron chi connectivity index (χ2n) is 6.75. The van der Waals surface area contributed by atoms with Crippen molar-refractivity contribution in [2.45, 2.75) is 38.5 Å². The van der Waals surface area contributed by atoms with E-state index < -0.39 is 0 Å². The highest BCUT2D eigenvalue weighted by Crippen LogP contribution is 2.21. The first kappa shape index (κ1) is 17.7. The fraction of sp³-hybridized carbons (Fsp3) is 0.500. The average molecular weight is 341 g/mol. The van der Waals surface area contributed by atoms with Gasteiger partial charge in [-0.15, -0.1) is 0 Å². The smallest absolute Gasteiger partial charge is 0.305 e. The summed E-state index contributed by atoms with van der Waals surface area (Å²) in [6.07, 6.45) is 7.82. The molecule has 5 heteroatoms. The summed E-state index contributed by atoms with van der Waals surface area (Å²) in [5, 5.41) is 3.41. The number of carbonyl (C=O) groups excluding carboxylic acids is 1. The lowest BCUT2D eigenvalue weighted by molar-refractivity contribution is -0.140. The maximum Gasteiger partial charge on any atom is 0.305 e. The minimum absolute atomic E-state index is 0.170. The van der Waals surface area contributed by atoms with Crippen molar-refractivity contribution in [3.63, 3.8) is 0 Å². The number of hydrogen-bond donors (Lipinski definition) is 2. The standard InChI is InChI=1S/C20H27N3O2/c1-25-20(24)9-5-15-2-6-17(7-3-15)18-14-22-19(23-18)8-4-16-10-12-21-13-11-16/h2-3,6-7,14,16,21H,4-5,8-13H2,1H3,(H,22,23). The molecule has 0 saturated carbocycles. The van der Waals surface area contributed by atoms with E-state index in [1.54, 1.807) is 0 Å². The number of piperidine rings is 1. The fourth-order valence-electron chi connectivity index (χ4n) is 3.35. The van der Waals surface area contributed by atoms with Crippen LogP contribution in [0.5, 0.6) is 0 Å². The number of nitrogens with one attached hydrogen (secondary N) is 2. The monoisotopic (exact) mass is 341 g/mol. The number of methoxy groups -OCH3 is 1. The summed E-state index contributed by atoms with van der Waals surface area (Å²) in [6, 6.07) is 8.29. The van der Waals surface area contributed by atoms with Gasteiger partial charge >= 0.3 is 5.97 Å². The third kappa shape index (κ3) is 5.16. The third-order valence-electron chi connectivity index (χ3n) is 4.99. The predicted molar refractivity (Wildman–Crippen MR) is 98.3 cm³/mol. The van der Waals surface area contributed by atoms with Crippen LogP contribution in [0.15, 0.2) is 30.5 Å². The number of rotatable bonds is 7. The lowest BCUT2D eigenvalue weighted by Gasteiger charge is -2.21. The molecule has 25 heavy (non-hydrogen) atoms. The molecule has 2 N–H and O–H groups in total. The van der Waals surface area contributed by atoms with Gasteiger partial charge in [0.15, 0.2) is 0 Å². The molecule has 2 heterocycles. The van der Waals surface area contributed by atoms with Crippen LogP contribution in [-0.2, 0) is 22.4 Å². The van der Waals surface area contributed by atoms with E-state index >= 15 is 0 Å². The van der Waals surface area contributed by atoms with E-state index in [4.69, 9.17) is 0 Å². The van der Waals surface area contributed by atoms with Crippen LogP contribution in [0, 0.1) is 5.92 Å². The van der Waals surface area contributed by atoms with Crippen molar-refractivity contribution in [1.82, 2.24) is 15.3 Å². The number of benzene rings is 1. The lowest BCUT2D eigenvalue weighted by atomic mass is 9.93. The van der Waals surface area contributed by atoms with E-state index in [0.717, 1.165) is 48.1 Å². The van der Waals surface area contributed by atoms with Gasteiger partial charge in [0.2, 0.25) is 0 Å². The molecule has 1 aromatic carbocycles. The lowest BCUT2D eigenvalue weighted by Crippen LogP contribution is -2.27. The molecule has 3 rings (SSSR count). The summed E-state index contributed by atoms with van der Waals surface area (Å²) in [6.45, 7) is 2.30. The van der Waals surface area contributed by atoms with Gasteiger partial charge in [0, 0.05) is 12.8 Å². The van der Waals surface area contributed by atoms with Crippen molar-refractivity contribution in [3.05, 3.63) is 41.9 Å². The zero-order valence-electron chi connectivity index (χ0n) is 14.9. The summed E-state index contributed by atoms with van der Waals surface area (Å²) in [7, 11) is 1.42. The van der Waals surface area contributed by atoms with Crippen LogP contribution in [-0.4, -0.2) is 36.1 Å². The number of aromatic amines is 1. The Kier molecular flexibility index (Phi) is 6.23. The molecule has 1 saturated heterocycles. The highest BCUT2D eigenvalue weighted by atomic mass is 16.5. The number of imidazole rings is 1. The summed E-state index contributed by atoms with van der Waals surface area (Å²) >= 11 is 0. The van der Waals surface area contributed by atoms with Crippen molar-refractivity contribution in [1.29, 1.82) is 0 Å². The van der Waals surface area contributed by atoms with Gasteiger partial charge in [-0.05, 0) is 55.8 Å². The Labute approximate surface area is 149 Å². The summed E-state index contributed by atoms with van der Waals surface area (Å²) in [5.41, 5.74) is 3.32. The molecule has 0 aliphatic carbocycles. The van der Waals surface area contributed by atoms with Gasteiger partial charge in [0.05, 0.1) is 19.0 Å². The van der Waals surface area contributed by atoms with E-state index in [9.17, 15) is 4.79 Å². The van der Waals surface area contributed by atoms with Crippen LogP contribution in [0.3, 0.4) is 0 Å². The SMILES string of the molecule is COC(=O)CCc1ccc(-c2cnc(CCC3CCNCC3)[nH]2)cc1. The van der Waals surface area contributed by atoms with Gasteiger partial charge in [-0.2, -0.15) is 0 Å². The maximum atomic E-state index is 11.2. The van der Waals surface area contributed by atoms with Crippen LogP contribution < -0.4 is 5.32 Å². The number of carbonyl (C=O) groups is 1. The number of H-pyrrole nitrogens is 1. The molecule has 1 aromatic heterocycles. The topological polar surface area (TPSA) is 67.0 Å². The first-order valence-electron chi connectivity index (χ1n) is 9.15. The first-order chi connectivity index (χ1) is 12.2. The van der Waals surface area contributed by atoms with Crippen LogP contribution in [0.4, 0.5) is 0 Å². The van der Waals surface area contributed by atoms with Crippen LogP contribution in [0.1, 0.15) is 37.1 Å². The van der Waals surface area contributed by atoms with Gasteiger partial charge in [-0.1, -0.05) is 24.3 Å². The number of aryl methyl sites for hydroxylation is 2. The molecule has 5 nitrogen and oxygen atoms in total. The quantitative estimate of drug-likeness (QED) is 0.760. The Morgan fingerprint density at radius 2 is 1.96 bits per heavy atom. The van der Waals surface area contributed by atoms with Gasteiger partial charge < -0.3 is 15.0 Å². The zero-order chi connectivity index (χ0) is 17.5. The van der Waals surface area contributed by atoms with Crippen molar-refractivity contribution >= 4 is 5.97 Å². The number of nitrogens with zero attached hydrogens (tertiary/aromatic N) is 1. The molecule has 1 aliphatic heterocycles. The molecule has 1 fully saturated rings. The van der Waals surface area contributed by atoms with Crippen molar-refractivity contribution in [2.75, 3.05) is 20.2 Å². The van der Waals surface area contributed by atoms with E-state index in [1.807, 2.05) is 6.20 Å². The van der Waals surface area contributed by atoms with E-state index in [-0.39, 0.29) is 5.97 Å². The van der Waals surface area contributed by atoms with Gasteiger partial charge in [-0.3, -0.25) is 4.79 Å². The predicted octanol–water partition coefficient (Wildman–Crippen LogP) is 3.11. The Balaban J connectivity index is 1.53. The molecule has 0 bridgehead atoms. The van der Waals surface area contributed by atoms with Crippen LogP contribution >= 0.6 is 0 Å². The molecule has 1 aliphatic rings. The molecule has 134 valence electrons. The summed E-state index contributed by atoms with van der Waals surface area (Å²) < 4.78 is 4.68. The van der Waals surface area contributed by atoms with Crippen molar-refractivity contribution in [3.8, 4) is 11.3 Å². The molecule has 2 aromatic rings. The second-order valence-corrected chi connectivity index (χ2v) is 6.75. The Bertz CT molecular complexity index is 673. The van der Waals surface area contributed by atoms with Gasteiger partial charge in [0.1, 0.15) is 5.82 Å². The maximum absolute atomic E-state index is 11.2. The molecule has 0 unspecified atom stereocenters. The van der Waals surface area contributed by atoms with Crippen LogP contribution in [0.25, 0.3) is 11.3 Å². The molecular formula is C20H27N3O2. The molecule has 0 amide bonds. The van der Waals surface area contributed by atoms with Gasteiger partial charge in [-0.25, -0.2) is 4.98 Å². The number of esters is 1. The number of hydrogen-bond acceptors (Lipinski definition) is 4. The molecule has 0 spiro atoms. The Morgan fingerprint density at radius 3 is 2.68 bits per heavy atom. The summed E-state index contributed by atoms with van der Waals surface area (Å²) in [5.74, 6) is 1.73. The Hall–Kier alpha value is -2.14. The van der Waals surface area contributed by atoms with Crippen LogP contribution in [0.2, 0.25) is 0 Å². The largest absolute Gasteiger partial charge is 0.469 e. The second kappa shape index (κ2) is 8.81. The highest BCUT2D eigenvalue weighted by molar-refractivity contribution is 5.69. The normalized spacial score (nSPS) is 15.2. The van der Waals surface area contributed by atoms with E-state index in [0.29, 0.717) is 12.8 Å². The minimum atomic E-state index is -0.170. The first-order valence-corrected chi connectivity index (χ1v) is 9.15.